The molecule has 1 amide bonds. The van der Waals surface area contributed by atoms with E-state index in [1.165, 1.54) is 0 Å². The first kappa shape index (κ1) is 11.0. The van der Waals surface area contributed by atoms with Crippen LogP contribution in [0.3, 0.4) is 0 Å². The molecule has 0 bridgehead atoms. The summed E-state index contributed by atoms with van der Waals surface area (Å²) in [6, 6.07) is 0. The third-order valence-electron chi connectivity index (χ3n) is 2.95. The number of hydrogen-bond acceptors (Lipinski definition) is 2. The lowest BCUT2D eigenvalue weighted by Gasteiger charge is -2.36. The summed E-state index contributed by atoms with van der Waals surface area (Å²) in [5, 5.41) is 0. The minimum atomic E-state index is 0.112. The lowest BCUT2D eigenvalue weighted by Crippen LogP contribution is -2.42. The SMILES string of the molecule is C=CC1CN(C(C)=O)CCC1CC=O. The highest BCUT2D eigenvalue weighted by molar-refractivity contribution is 5.73. The van der Waals surface area contributed by atoms with Gasteiger partial charge in [-0.2, -0.15) is 0 Å². The average Bonchev–Trinajstić information content (AvgIpc) is 2.18. The molecule has 1 aliphatic rings. The van der Waals surface area contributed by atoms with E-state index in [2.05, 4.69) is 6.58 Å². The predicted molar refractivity (Wildman–Crippen MR) is 54.7 cm³/mol. The minimum Gasteiger partial charge on any atom is -0.342 e. The second-order valence-electron chi connectivity index (χ2n) is 3.82. The molecular formula is C11H17NO2. The number of carbonyl (C=O) groups excluding carboxylic acids is 2. The van der Waals surface area contributed by atoms with Gasteiger partial charge in [0.25, 0.3) is 0 Å². The average molecular weight is 195 g/mol. The molecule has 1 fully saturated rings. The lowest BCUT2D eigenvalue weighted by molar-refractivity contribution is -0.131. The monoisotopic (exact) mass is 195 g/mol. The van der Waals surface area contributed by atoms with Gasteiger partial charge in [0, 0.05) is 26.4 Å². The van der Waals surface area contributed by atoms with Crippen LogP contribution in [0, 0.1) is 11.8 Å². The number of nitrogens with zero attached hydrogens (tertiary/aromatic N) is 1. The zero-order valence-corrected chi connectivity index (χ0v) is 8.61. The van der Waals surface area contributed by atoms with Crippen LogP contribution in [0.25, 0.3) is 0 Å². The fourth-order valence-corrected chi connectivity index (χ4v) is 2.00. The number of hydrogen-bond donors (Lipinski definition) is 0. The number of rotatable bonds is 3. The summed E-state index contributed by atoms with van der Waals surface area (Å²) in [5.41, 5.74) is 0. The molecule has 1 saturated heterocycles. The van der Waals surface area contributed by atoms with E-state index in [4.69, 9.17) is 0 Å². The summed E-state index contributed by atoms with van der Waals surface area (Å²) in [6.07, 6.45) is 4.32. The molecule has 78 valence electrons. The van der Waals surface area contributed by atoms with Gasteiger partial charge in [0.1, 0.15) is 6.29 Å². The number of piperidine rings is 1. The van der Waals surface area contributed by atoms with Gasteiger partial charge in [-0.3, -0.25) is 4.79 Å². The van der Waals surface area contributed by atoms with Crippen molar-refractivity contribution in [3.05, 3.63) is 12.7 Å². The number of aldehydes is 1. The lowest BCUT2D eigenvalue weighted by atomic mass is 9.83. The first-order chi connectivity index (χ1) is 6.69. The molecule has 14 heavy (non-hydrogen) atoms. The Bertz CT molecular complexity index is 237. The highest BCUT2D eigenvalue weighted by Crippen LogP contribution is 2.26. The fraction of sp³-hybridized carbons (Fsp3) is 0.636. The molecular weight excluding hydrogens is 178 g/mol. The van der Waals surface area contributed by atoms with E-state index < -0.39 is 0 Å². The van der Waals surface area contributed by atoms with E-state index >= 15 is 0 Å². The van der Waals surface area contributed by atoms with Crippen LogP contribution < -0.4 is 0 Å². The van der Waals surface area contributed by atoms with E-state index in [1.807, 2.05) is 11.0 Å². The Kier molecular flexibility index (Phi) is 3.86. The first-order valence-electron chi connectivity index (χ1n) is 5.00. The summed E-state index contributed by atoms with van der Waals surface area (Å²) in [6.45, 7) is 6.84. The third kappa shape index (κ3) is 2.44. The van der Waals surface area contributed by atoms with E-state index in [0.717, 1.165) is 25.8 Å². The maximum atomic E-state index is 11.1. The third-order valence-corrected chi connectivity index (χ3v) is 2.95. The van der Waals surface area contributed by atoms with E-state index in [1.54, 1.807) is 6.92 Å². The van der Waals surface area contributed by atoms with Gasteiger partial charge in [-0.05, 0) is 18.3 Å². The second kappa shape index (κ2) is 4.94. The molecule has 1 aliphatic heterocycles. The van der Waals surface area contributed by atoms with Crippen molar-refractivity contribution in [1.82, 2.24) is 4.90 Å². The van der Waals surface area contributed by atoms with Gasteiger partial charge in [-0.25, -0.2) is 0 Å². The minimum absolute atomic E-state index is 0.112. The van der Waals surface area contributed by atoms with Crippen LogP contribution in [-0.4, -0.2) is 30.2 Å². The molecule has 0 radical (unpaired) electrons. The maximum Gasteiger partial charge on any atom is 0.219 e. The number of amides is 1. The van der Waals surface area contributed by atoms with Crippen molar-refractivity contribution in [1.29, 1.82) is 0 Å². The molecule has 3 heteroatoms. The van der Waals surface area contributed by atoms with Crippen LogP contribution in [0.4, 0.5) is 0 Å². The van der Waals surface area contributed by atoms with E-state index in [0.29, 0.717) is 12.3 Å². The Labute approximate surface area is 84.8 Å². The zero-order chi connectivity index (χ0) is 10.6. The second-order valence-corrected chi connectivity index (χ2v) is 3.82. The predicted octanol–water partition coefficient (Wildman–Crippen LogP) is 1.25. The Balaban J connectivity index is 2.58. The van der Waals surface area contributed by atoms with Gasteiger partial charge < -0.3 is 9.69 Å². The quantitative estimate of drug-likeness (QED) is 0.502. The van der Waals surface area contributed by atoms with E-state index in [-0.39, 0.29) is 11.8 Å². The smallest absolute Gasteiger partial charge is 0.219 e. The van der Waals surface area contributed by atoms with Crippen LogP contribution in [0.5, 0.6) is 0 Å². The highest BCUT2D eigenvalue weighted by Gasteiger charge is 2.27. The molecule has 0 spiro atoms. The van der Waals surface area contributed by atoms with Crippen molar-refractivity contribution in [3.63, 3.8) is 0 Å². The number of carbonyl (C=O) groups is 2. The van der Waals surface area contributed by atoms with Gasteiger partial charge in [-0.15, -0.1) is 6.58 Å². The molecule has 3 nitrogen and oxygen atoms in total. The Hall–Kier alpha value is -1.12. The molecule has 0 aromatic heterocycles. The Morgan fingerprint density at radius 2 is 2.36 bits per heavy atom. The summed E-state index contributed by atoms with van der Waals surface area (Å²) >= 11 is 0. The molecule has 1 rings (SSSR count). The summed E-state index contributed by atoms with van der Waals surface area (Å²) in [4.78, 5) is 23.4. The van der Waals surface area contributed by atoms with Crippen LogP contribution in [0.15, 0.2) is 12.7 Å². The molecule has 0 aliphatic carbocycles. The van der Waals surface area contributed by atoms with Crippen LogP contribution >= 0.6 is 0 Å². The summed E-state index contributed by atoms with van der Waals surface area (Å²) < 4.78 is 0. The zero-order valence-electron chi connectivity index (χ0n) is 8.61. The molecule has 0 aromatic carbocycles. The molecule has 2 atom stereocenters. The maximum absolute atomic E-state index is 11.1. The molecule has 2 unspecified atom stereocenters. The van der Waals surface area contributed by atoms with Gasteiger partial charge >= 0.3 is 0 Å². The normalized spacial score (nSPS) is 27.1. The van der Waals surface area contributed by atoms with Crippen molar-refractivity contribution in [2.75, 3.05) is 13.1 Å². The molecule has 0 saturated carbocycles. The van der Waals surface area contributed by atoms with Gasteiger partial charge in [-0.1, -0.05) is 6.08 Å². The topological polar surface area (TPSA) is 37.4 Å². The van der Waals surface area contributed by atoms with Gasteiger partial charge in [0.15, 0.2) is 0 Å². The van der Waals surface area contributed by atoms with Crippen molar-refractivity contribution < 1.29 is 9.59 Å². The molecule has 1 heterocycles. The van der Waals surface area contributed by atoms with Crippen LogP contribution in [-0.2, 0) is 9.59 Å². The fourth-order valence-electron chi connectivity index (χ4n) is 2.00. The van der Waals surface area contributed by atoms with Crippen molar-refractivity contribution in [2.24, 2.45) is 11.8 Å². The Morgan fingerprint density at radius 1 is 1.64 bits per heavy atom. The highest BCUT2D eigenvalue weighted by atomic mass is 16.2. The number of likely N-dealkylation sites (tertiary alicyclic amines) is 1. The molecule has 0 aromatic rings. The van der Waals surface area contributed by atoms with Crippen molar-refractivity contribution >= 4 is 12.2 Å². The Morgan fingerprint density at radius 3 is 2.86 bits per heavy atom. The van der Waals surface area contributed by atoms with E-state index in [9.17, 15) is 9.59 Å². The summed E-state index contributed by atoms with van der Waals surface area (Å²) in [7, 11) is 0. The van der Waals surface area contributed by atoms with Gasteiger partial charge in [0.2, 0.25) is 5.91 Å². The molecule has 0 N–H and O–H groups in total. The largest absolute Gasteiger partial charge is 0.342 e. The first-order valence-corrected chi connectivity index (χ1v) is 5.00. The summed E-state index contributed by atoms with van der Waals surface area (Å²) in [5.74, 6) is 0.764. The van der Waals surface area contributed by atoms with Crippen LogP contribution in [0.2, 0.25) is 0 Å². The van der Waals surface area contributed by atoms with Crippen molar-refractivity contribution in [2.45, 2.75) is 19.8 Å². The van der Waals surface area contributed by atoms with Crippen molar-refractivity contribution in [3.8, 4) is 0 Å². The van der Waals surface area contributed by atoms with Gasteiger partial charge in [0.05, 0.1) is 0 Å². The standard InChI is InChI=1S/C11H17NO2/c1-3-10-8-12(9(2)14)6-4-11(10)5-7-13/h3,7,10-11H,1,4-6,8H2,2H3. The van der Waals surface area contributed by atoms with Crippen LogP contribution in [0.1, 0.15) is 19.8 Å².